The van der Waals surface area contributed by atoms with E-state index in [1.54, 1.807) is 7.11 Å². The normalized spacial score (nSPS) is 14.5. The van der Waals surface area contributed by atoms with E-state index < -0.39 is 0 Å². The van der Waals surface area contributed by atoms with Gasteiger partial charge in [-0.1, -0.05) is 60.7 Å². The highest BCUT2D eigenvalue weighted by Crippen LogP contribution is 2.37. The van der Waals surface area contributed by atoms with Crippen molar-refractivity contribution < 1.29 is 9.53 Å². The van der Waals surface area contributed by atoms with E-state index in [-0.39, 0.29) is 5.91 Å². The monoisotopic (exact) mass is 356 g/mol. The number of hydrogen-bond donors (Lipinski definition) is 2. The summed E-state index contributed by atoms with van der Waals surface area (Å²) in [5.41, 5.74) is 6.10. The van der Waals surface area contributed by atoms with Crippen molar-refractivity contribution in [3.63, 3.8) is 0 Å². The molecule has 0 atom stereocenters. The van der Waals surface area contributed by atoms with Crippen molar-refractivity contribution in [1.82, 2.24) is 0 Å². The molecule has 1 aliphatic rings. The van der Waals surface area contributed by atoms with Gasteiger partial charge in [0.2, 0.25) is 0 Å². The summed E-state index contributed by atoms with van der Waals surface area (Å²) in [7, 11) is 1.68. The van der Waals surface area contributed by atoms with Crippen LogP contribution in [-0.2, 0) is 16.1 Å². The SMILES string of the molecule is COCc1cccc(NC(=C2C(=O)Nc3ccccc32)c2ccccc2)c1. The highest BCUT2D eigenvalue weighted by molar-refractivity contribution is 6.37. The quantitative estimate of drug-likeness (QED) is 0.648. The zero-order chi connectivity index (χ0) is 18.6. The predicted octanol–water partition coefficient (Wildman–Crippen LogP) is 4.77. The summed E-state index contributed by atoms with van der Waals surface area (Å²) in [6, 6.07) is 25.7. The second-order valence-corrected chi connectivity index (χ2v) is 6.37. The van der Waals surface area contributed by atoms with E-state index >= 15 is 0 Å². The number of fused-ring (bicyclic) bond motifs is 1. The van der Waals surface area contributed by atoms with E-state index in [0.717, 1.165) is 33.8 Å². The van der Waals surface area contributed by atoms with Crippen molar-refractivity contribution in [2.24, 2.45) is 0 Å². The first-order valence-electron chi connectivity index (χ1n) is 8.81. The number of anilines is 2. The number of carbonyl (C=O) groups excluding carboxylic acids is 1. The molecule has 0 saturated carbocycles. The number of benzene rings is 3. The number of hydrogen-bond acceptors (Lipinski definition) is 3. The molecule has 0 radical (unpaired) electrons. The average Bonchev–Trinajstić information content (AvgIpc) is 3.03. The van der Waals surface area contributed by atoms with Crippen LogP contribution >= 0.6 is 0 Å². The summed E-state index contributed by atoms with van der Waals surface area (Å²) in [6.45, 7) is 0.538. The Hall–Kier alpha value is -3.37. The number of nitrogens with one attached hydrogen (secondary N) is 2. The van der Waals surface area contributed by atoms with Crippen LogP contribution in [0.25, 0.3) is 11.3 Å². The number of ether oxygens (including phenoxy) is 1. The lowest BCUT2D eigenvalue weighted by molar-refractivity contribution is -0.110. The Labute approximate surface area is 158 Å². The number of para-hydroxylation sites is 1. The Morgan fingerprint density at radius 2 is 1.74 bits per heavy atom. The van der Waals surface area contributed by atoms with Gasteiger partial charge in [0.25, 0.3) is 5.91 Å². The van der Waals surface area contributed by atoms with Crippen LogP contribution in [0.1, 0.15) is 16.7 Å². The molecule has 1 amide bonds. The fourth-order valence-electron chi connectivity index (χ4n) is 3.30. The second-order valence-electron chi connectivity index (χ2n) is 6.37. The van der Waals surface area contributed by atoms with Gasteiger partial charge in [-0.15, -0.1) is 0 Å². The topological polar surface area (TPSA) is 50.4 Å². The Morgan fingerprint density at radius 1 is 0.963 bits per heavy atom. The molecule has 1 heterocycles. The van der Waals surface area contributed by atoms with Crippen LogP contribution in [0.4, 0.5) is 11.4 Å². The van der Waals surface area contributed by atoms with Gasteiger partial charge < -0.3 is 15.4 Å². The molecule has 1 aliphatic heterocycles. The minimum absolute atomic E-state index is 0.101. The van der Waals surface area contributed by atoms with Gasteiger partial charge in [-0.05, 0) is 29.3 Å². The van der Waals surface area contributed by atoms with E-state index in [4.69, 9.17) is 4.74 Å². The molecule has 3 aromatic rings. The van der Waals surface area contributed by atoms with Crippen LogP contribution in [-0.4, -0.2) is 13.0 Å². The fourth-order valence-corrected chi connectivity index (χ4v) is 3.30. The van der Waals surface area contributed by atoms with Crippen LogP contribution in [0.5, 0.6) is 0 Å². The zero-order valence-corrected chi connectivity index (χ0v) is 15.0. The summed E-state index contributed by atoms with van der Waals surface area (Å²) in [5, 5.41) is 6.43. The molecule has 0 unspecified atom stereocenters. The van der Waals surface area contributed by atoms with Crippen LogP contribution in [0.2, 0.25) is 0 Å². The second kappa shape index (κ2) is 7.48. The molecule has 134 valence electrons. The van der Waals surface area contributed by atoms with Crippen molar-refractivity contribution in [1.29, 1.82) is 0 Å². The molecule has 3 aromatic carbocycles. The number of carbonyl (C=O) groups is 1. The minimum atomic E-state index is -0.101. The molecule has 2 N–H and O–H groups in total. The van der Waals surface area contributed by atoms with Crippen molar-refractivity contribution in [3.05, 3.63) is 95.6 Å². The maximum absolute atomic E-state index is 12.8. The molecular formula is C23H20N2O2. The van der Waals surface area contributed by atoms with Gasteiger partial charge in [-0.25, -0.2) is 0 Å². The molecule has 0 spiro atoms. The number of amides is 1. The fraction of sp³-hybridized carbons (Fsp3) is 0.0870. The van der Waals surface area contributed by atoms with Crippen molar-refractivity contribution in [2.45, 2.75) is 6.61 Å². The van der Waals surface area contributed by atoms with Gasteiger partial charge in [0.05, 0.1) is 17.9 Å². The first kappa shape index (κ1) is 17.1. The van der Waals surface area contributed by atoms with Crippen LogP contribution in [0.3, 0.4) is 0 Å². The van der Waals surface area contributed by atoms with Gasteiger partial charge in [-0.2, -0.15) is 0 Å². The maximum Gasteiger partial charge on any atom is 0.258 e. The summed E-state index contributed by atoms with van der Waals surface area (Å²) in [6.07, 6.45) is 0. The molecule has 0 aromatic heterocycles. The first-order chi connectivity index (χ1) is 13.3. The van der Waals surface area contributed by atoms with Gasteiger partial charge in [0.15, 0.2) is 0 Å². The van der Waals surface area contributed by atoms with Crippen molar-refractivity contribution >= 4 is 28.6 Å². The summed E-state index contributed by atoms with van der Waals surface area (Å²) < 4.78 is 5.23. The molecule has 0 fully saturated rings. The molecule has 0 bridgehead atoms. The molecule has 0 saturated heterocycles. The molecule has 0 aliphatic carbocycles. The Balaban J connectivity index is 1.84. The Bertz CT molecular complexity index is 1010. The summed E-state index contributed by atoms with van der Waals surface area (Å²) >= 11 is 0. The molecule has 4 nitrogen and oxygen atoms in total. The van der Waals surface area contributed by atoms with E-state index in [1.165, 1.54) is 0 Å². The first-order valence-corrected chi connectivity index (χ1v) is 8.81. The molecular weight excluding hydrogens is 336 g/mol. The van der Waals surface area contributed by atoms with E-state index in [0.29, 0.717) is 12.2 Å². The van der Waals surface area contributed by atoms with Crippen LogP contribution in [0, 0.1) is 0 Å². The van der Waals surface area contributed by atoms with Crippen molar-refractivity contribution in [2.75, 3.05) is 17.7 Å². The minimum Gasteiger partial charge on any atom is -0.380 e. The Morgan fingerprint density at radius 3 is 2.56 bits per heavy atom. The number of rotatable bonds is 5. The van der Waals surface area contributed by atoms with Gasteiger partial charge in [-0.3, -0.25) is 4.79 Å². The summed E-state index contributed by atoms with van der Waals surface area (Å²) in [4.78, 5) is 12.8. The Kier molecular flexibility index (Phi) is 4.73. The average molecular weight is 356 g/mol. The van der Waals surface area contributed by atoms with Gasteiger partial charge in [0, 0.05) is 24.0 Å². The van der Waals surface area contributed by atoms with Crippen LogP contribution < -0.4 is 10.6 Å². The molecule has 4 heteroatoms. The predicted molar refractivity (Wildman–Crippen MR) is 109 cm³/mol. The highest BCUT2D eigenvalue weighted by Gasteiger charge is 2.27. The lowest BCUT2D eigenvalue weighted by Gasteiger charge is -2.15. The smallest absolute Gasteiger partial charge is 0.258 e. The third kappa shape index (κ3) is 3.48. The highest BCUT2D eigenvalue weighted by atomic mass is 16.5. The van der Waals surface area contributed by atoms with E-state index in [2.05, 4.69) is 10.6 Å². The molecule has 27 heavy (non-hydrogen) atoms. The lowest BCUT2D eigenvalue weighted by Crippen LogP contribution is -2.10. The van der Waals surface area contributed by atoms with Gasteiger partial charge >= 0.3 is 0 Å². The summed E-state index contributed by atoms with van der Waals surface area (Å²) in [5.74, 6) is -0.101. The number of methoxy groups -OCH3 is 1. The van der Waals surface area contributed by atoms with E-state index in [1.807, 2.05) is 78.9 Å². The molecule has 4 rings (SSSR count). The van der Waals surface area contributed by atoms with Crippen molar-refractivity contribution in [3.8, 4) is 0 Å². The maximum atomic E-state index is 12.8. The van der Waals surface area contributed by atoms with Crippen LogP contribution in [0.15, 0.2) is 78.9 Å². The zero-order valence-electron chi connectivity index (χ0n) is 15.0. The third-order valence-corrected chi connectivity index (χ3v) is 4.49. The lowest BCUT2D eigenvalue weighted by atomic mass is 10.00. The van der Waals surface area contributed by atoms with E-state index in [9.17, 15) is 4.79 Å². The standard InChI is InChI=1S/C23H20N2O2/c1-27-15-16-8-7-11-18(14-16)24-22(17-9-3-2-4-10-17)21-19-12-5-6-13-20(19)25-23(21)26/h2-14,24H,15H2,1H3,(H,25,26). The third-order valence-electron chi connectivity index (χ3n) is 4.49. The largest absolute Gasteiger partial charge is 0.380 e. The van der Waals surface area contributed by atoms with Gasteiger partial charge in [0.1, 0.15) is 0 Å².